The Labute approximate surface area is 121 Å². The van der Waals surface area contributed by atoms with E-state index in [2.05, 4.69) is 5.32 Å². The minimum Gasteiger partial charge on any atom is -0.490 e. The number of carbonyl (C=O) groups is 1. The lowest BCUT2D eigenvalue weighted by Gasteiger charge is -2.12. The summed E-state index contributed by atoms with van der Waals surface area (Å²) in [5.74, 6) is 1.60. The van der Waals surface area contributed by atoms with Crippen molar-refractivity contribution in [3.05, 3.63) is 23.8 Å². The molecule has 0 aliphatic rings. The number of carbonyl (C=O) groups excluding carboxylic acids is 1. The molecule has 0 aromatic heterocycles. The van der Waals surface area contributed by atoms with E-state index in [1.54, 1.807) is 0 Å². The Hall–Kier alpha value is -1.71. The standard InChI is InChI=1S/C16H25NO3/c1-4-11-17-16(18)10-8-13-7-9-14(19-5-2)15(12-13)20-6-3/h7,9,12H,4-6,8,10-11H2,1-3H3,(H,17,18). The van der Waals surface area contributed by atoms with Crippen LogP contribution in [-0.2, 0) is 11.2 Å². The number of hydrogen-bond acceptors (Lipinski definition) is 3. The van der Waals surface area contributed by atoms with Gasteiger partial charge in [-0.15, -0.1) is 0 Å². The zero-order valence-corrected chi connectivity index (χ0v) is 12.7. The van der Waals surface area contributed by atoms with Gasteiger partial charge in [-0.1, -0.05) is 13.0 Å². The van der Waals surface area contributed by atoms with Crippen molar-refractivity contribution in [2.45, 2.75) is 40.0 Å². The van der Waals surface area contributed by atoms with Crippen molar-refractivity contribution >= 4 is 5.91 Å². The third-order valence-corrected chi connectivity index (χ3v) is 2.82. The fraction of sp³-hybridized carbons (Fsp3) is 0.562. The monoisotopic (exact) mass is 279 g/mol. The lowest BCUT2D eigenvalue weighted by Crippen LogP contribution is -2.24. The normalized spacial score (nSPS) is 10.2. The summed E-state index contributed by atoms with van der Waals surface area (Å²) < 4.78 is 11.1. The van der Waals surface area contributed by atoms with Gasteiger partial charge in [-0.3, -0.25) is 4.79 Å². The molecular weight excluding hydrogens is 254 g/mol. The van der Waals surface area contributed by atoms with Crippen molar-refractivity contribution in [1.82, 2.24) is 5.32 Å². The molecule has 0 atom stereocenters. The molecule has 0 aliphatic carbocycles. The van der Waals surface area contributed by atoms with E-state index >= 15 is 0 Å². The molecule has 0 fully saturated rings. The Balaban J connectivity index is 2.62. The number of benzene rings is 1. The molecule has 0 saturated carbocycles. The van der Waals surface area contributed by atoms with E-state index in [4.69, 9.17) is 9.47 Å². The third-order valence-electron chi connectivity index (χ3n) is 2.82. The predicted molar refractivity (Wildman–Crippen MR) is 80.4 cm³/mol. The zero-order valence-electron chi connectivity index (χ0n) is 12.7. The average Bonchev–Trinajstić information content (AvgIpc) is 2.45. The molecule has 0 bridgehead atoms. The van der Waals surface area contributed by atoms with E-state index in [-0.39, 0.29) is 5.91 Å². The first-order valence-corrected chi connectivity index (χ1v) is 7.36. The van der Waals surface area contributed by atoms with Crippen LogP contribution in [0.3, 0.4) is 0 Å². The highest BCUT2D eigenvalue weighted by Gasteiger charge is 2.07. The molecule has 112 valence electrons. The molecule has 1 aromatic rings. The van der Waals surface area contributed by atoms with E-state index in [1.165, 1.54) is 0 Å². The number of rotatable bonds is 9. The van der Waals surface area contributed by atoms with Crippen LogP contribution in [0.15, 0.2) is 18.2 Å². The highest BCUT2D eigenvalue weighted by atomic mass is 16.5. The van der Waals surface area contributed by atoms with Crippen molar-refractivity contribution in [2.75, 3.05) is 19.8 Å². The molecular formula is C16H25NO3. The Kier molecular flexibility index (Phi) is 7.55. The van der Waals surface area contributed by atoms with Gasteiger partial charge in [0.05, 0.1) is 13.2 Å². The Morgan fingerprint density at radius 3 is 2.45 bits per heavy atom. The van der Waals surface area contributed by atoms with Crippen LogP contribution in [0.1, 0.15) is 39.2 Å². The molecule has 1 amide bonds. The van der Waals surface area contributed by atoms with Gasteiger partial charge in [0.1, 0.15) is 0 Å². The molecule has 0 spiro atoms. The van der Waals surface area contributed by atoms with Crippen LogP contribution in [0.5, 0.6) is 11.5 Å². The van der Waals surface area contributed by atoms with Gasteiger partial charge >= 0.3 is 0 Å². The molecule has 0 radical (unpaired) electrons. The minimum atomic E-state index is 0.0960. The van der Waals surface area contributed by atoms with Gasteiger partial charge in [-0.05, 0) is 44.4 Å². The summed E-state index contributed by atoms with van der Waals surface area (Å²) in [6.07, 6.45) is 2.17. The van der Waals surface area contributed by atoms with Crippen LogP contribution < -0.4 is 14.8 Å². The van der Waals surface area contributed by atoms with Crippen LogP contribution in [0.25, 0.3) is 0 Å². The summed E-state index contributed by atoms with van der Waals surface area (Å²) in [5, 5.41) is 2.88. The van der Waals surface area contributed by atoms with E-state index in [1.807, 2.05) is 39.0 Å². The maximum Gasteiger partial charge on any atom is 0.220 e. The zero-order chi connectivity index (χ0) is 14.8. The Morgan fingerprint density at radius 1 is 1.10 bits per heavy atom. The first-order chi connectivity index (χ1) is 9.71. The quantitative estimate of drug-likeness (QED) is 0.756. The molecule has 1 N–H and O–H groups in total. The SMILES string of the molecule is CCCNC(=O)CCc1ccc(OCC)c(OCC)c1. The second-order valence-electron chi connectivity index (χ2n) is 4.50. The summed E-state index contributed by atoms with van der Waals surface area (Å²) in [4.78, 5) is 11.6. The molecule has 20 heavy (non-hydrogen) atoms. The smallest absolute Gasteiger partial charge is 0.220 e. The average molecular weight is 279 g/mol. The van der Waals surface area contributed by atoms with Crippen LogP contribution in [0.4, 0.5) is 0 Å². The Bertz CT molecular complexity index is 418. The summed E-state index contributed by atoms with van der Waals surface area (Å²) in [7, 11) is 0. The molecule has 0 heterocycles. The highest BCUT2D eigenvalue weighted by molar-refractivity contribution is 5.76. The maximum atomic E-state index is 11.6. The number of aryl methyl sites for hydroxylation is 1. The molecule has 4 heteroatoms. The summed E-state index contributed by atoms with van der Waals surface area (Å²) in [6, 6.07) is 5.86. The van der Waals surface area contributed by atoms with Gasteiger partial charge in [0, 0.05) is 13.0 Å². The first-order valence-electron chi connectivity index (χ1n) is 7.36. The highest BCUT2D eigenvalue weighted by Crippen LogP contribution is 2.28. The third kappa shape index (κ3) is 5.51. The summed E-state index contributed by atoms with van der Waals surface area (Å²) >= 11 is 0. The number of hydrogen-bond donors (Lipinski definition) is 1. The van der Waals surface area contributed by atoms with Crippen molar-refractivity contribution in [1.29, 1.82) is 0 Å². The first kappa shape index (κ1) is 16.3. The van der Waals surface area contributed by atoms with Gasteiger partial charge in [-0.25, -0.2) is 0 Å². The number of amides is 1. The Morgan fingerprint density at radius 2 is 1.80 bits per heavy atom. The fourth-order valence-electron chi connectivity index (χ4n) is 1.86. The van der Waals surface area contributed by atoms with Crippen molar-refractivity contribution < 1.29 is 14.3 Å². The van der Waals surface area contributed by atoms with Gasteiger partial charge in [0.25, 0.3) is 0 Å². The summed E-state index contributed by atoms with van der Waals surface area (Å²) in [5.41, 5.74) is 1.09. The molecule has 1 rings (SSSR count). The second kappa shape index (κ2) is 9.23. The fourth-order valence-corrected chi connectivity index (χ4v) is 1.86. The van der Waals surface area contributed by atoms with Crippen LogP contribution in [0, 0.1) is 0 Å². The number of ether oxygens (including phenoxy) is 2. The maximum absolute atomic E-state index is 11.6. The molecule has 4 nitrogen and oxygen atoms in total. The van der Waals surface area contributed by atoms with Crippen molar-refractivity contribution in [3.63, 3.8) is 0 Å². The van der Waals surface area contributed by atoms with Gasteiger partial charge in [0.2, 0.25) is 5.91 Å². The van der Waals surface area contributed by atoms with Crippen molar-refractivity contribution in [3.8, 4) is 11.5 Å². The molecule has 0 saturated heterocycles. The topological polar surface area (TPSA) is 47.6 Å². The summed E-state index contributed by atoms with van der Waals surface area (Å²) in [6.45, 7) is 7.88. The van der Waals surface area contributed by atoms with Crippen LogP contribution in [0.2, 0.25) is 0 Å². The van der Waals surface area contributed by atoms with Crippen LogP contribution in [-0.4, -0.2) is 25.7 Å². The van der Waals surface area contributed by atoms with Gasteiger partial charge in [0.15, 0.2) is 11.5 Å². The van der Waals surface area contributed by atoms with Gasteiger partial charge < -0.3 is 14.8 Å². The molecule has 0 unspecified atom stereocenters. The van der Waals surface area contributed by atoms with E-state index in [0.29, 0.717) is 26.1 Å². The van der Waals surface area contributed by atoms with E-state index < -0.39 is 0 Å². The lowest BCUT2D eigenvalue weighted by molar-refractivity contribution is -0.121. The largest absolute Gasteiger partial charge is 0.490 e. The predicted octanol–water partition coefficient (Wildman–Crippen LogP) is 2.94. The van der Waals surface area contributed by atoms with Crippen molar-refractivity contribution in [2.24, 2.45) is 0 Å². The minimum absolute atomic E-state index is 0.0960. The second-order valence-corrected chi connectivity index (χ2v) is 4.50. The molecule has 0 aliphatic heterocycles. The van der Waals surface area contributed by atoms with E-state index in [9.17, 15) is 4.79 Å². The number of nitrogens with one attached hydrogen (secondary N) is 1. The lowest BCUT2D eigenvalue weighted by atomic mass is 10.1. The molecule has 1 aromatic carbocycles. The van der Waals surface area contributed by atoms with Gasteiger partial charge in [-0.2, -0.15) is 0 Å². The van der Waals surface area contributed by atoms with Crippen LogP contribution >= 0.6 is 0 Å². The van der Waals surface area contributed by atoms with E-state index in [0.717, 1.165) is 30.0 Å².